The normalized spacial score (nSPS) is 15.1. The van der Waals surface area contributed by atoms with Gasteiger partial charge in [-0.15, -0.1) is 0 Å². The first-order valence-electron chi connectivity index (χ1n) is 5.64. The monoisotopic (exact) mass is 234 g/mol. The van der Waals surface area contributed by atoms with Crippen molar-refractivity contribution < 1.29 is 14.3 Å². The Kier molecular flexibility index (Phi) is 2.77. The Morgan fingerprint density at radius 3 is 2.71 bits per heavy atom. The molecule has 1 aliphatic carbocycles. The molecular weight excluding hydrogens is 219 g/mol. The van der Waals surface area contributed by atoms with Gasteiger partial charge in [-0.3, -0.25) is 4.79 Å². The van der Waals surface area contributed by atoms with Crippen molar-refractivity contribution in [3.8, 4) is 0 Å². The molecule has 0 fully saturated rings. The summed E-state index contributed by atoms with van der Waals surface area (Å²) >= 11 is 0. The summed E-state index contributed by atoms with van der Waals surface area (Å²) in [4.78, 5) is 11.2. The van der Waals surface area contributed by atoms with Gasteiger partial charge in [-0.05, 0) is 49.9 Å². The van der Waals surface area contributed by atoms with E-state index in [2.05, 4.69) is 0 Å². The third-order valence-corrected chi connectivity index (χ3v) is 3.44. The van der Waals surface area contributed by atoms with E-state index in [1.165, 1.54) is 12.1 Å². The fraction of sp³-hybridized carbons (Fsp3) is 0.357. The van der Waals surface area contributed by atoms with Crippen LogP contribution in [0.5, 0.6) is 0 Å². The van der Waals surface area contributed by atoms with Gasteiger partial charge in [0.25, 0.3) is 0 Å². The van der Waals surface area contributed by atoms with Crippen LogP contribution in [-0.2, 0) is 11.2 Å². The average Bonchev–Trinajstić information content (AvgIpc) is 2.27. The highest BCUT2D eigenvalue weighted by atomic mass is 19.1. The van der Waals surface area contributed by atoms with Crippen LogP contribution in [0.3, 0.4) is 0 Å². The van der Waals surface area contributed by atoms with Crippen LogP contribution in [0.25, 0.3) is 6.08 Å². The Morgan fingerprint density at radius 1 is 1.35 bits per heavy atom. The van der Waals surface area contributed by atoms with E-state index in [0.29, 0.717) is 0 Å². The van der Waals surface area contributed by atoms with Crippen LogP contribution in [-0.4, -0.2) is 11.1 Å². The van der Waals surface area contributed by atoms with Crippen molar-refractivity contribution in [1.82, 2.24) is 0 Å². The molecule has 0 amide bonds. The number of rotatable bonds is 2. The quantitative estimate of drug-likeness (QED) is 0.852. The van der Waals surface area contributed by atoms with Crippen molar-refractivity contribution in [3.63, 3.8) is 0 Å². The molecule has 0 heterocycles. The van der Waals surface area contributed by atoms with Crippen LogP contribution in [0.15, 0.2) is 23.8 Å². The second-order valence-electron chi connectivity index (χ2n) is 4.94. The first kappa shape index (κ1) is 11.8. The first-order chi connectivity index (χ1) is 7.91. The molecule has 2 rings (SSSR count). The van der Waals surface area contributed by atoms with Gasteiger partial charge in [-0.25, -0.2) is 4.39 Å². The second-order valence-corrected chi connectivity index (χ2v) is 4.94. The summed E-state index contributed by atoms with van der Waals surface area (Å²) in [5.41, 5.74) is 1.85. The Bertz CT molecular complexity index is 501. The predicted octanol–water partition coefficient (Wildman–Crippen LogP) is 3.27. The molecule has 0 saturated heterocycles. The predicted molar refractivity (Wildman–Crippen MR) is 64.1 cm³/mol. The molecular formula is C14H15FO2. The van der Waals surface area contributed by atoms with Crippen molar-refractivity contribution in [1.29, 1.82) is 0 Å². The van der Waals surface area contributed by atoms with Gasteiger partial charge >= 0.3 is 5.97 Å². The average molecular weight is 234 g/mol. The summed E-state index contributed by atoms with van der Waals surface area (Å²) in [6.07, 6.45) is 3.31. The molecule has 0 radical (unpaired) electrons. The molecule has 0 aromatic heterocycles. The summed E-state index contributed by atoms with van der Waals surface area (Å²) in [5, 5.41) is 9.18. The Hall–Kier alpha value is -1.64. The number of carboxylic acid groups (broad SMARTS) is 1. The van der Waals surface area contributed by atoms with Crippen molar-refractivity contribution >= 4 is 12.0 Å². The molecule has 17 heavy (non-hydrogen) atoms. The van der Waals surface area contributed by atoms with Gasteiger partial charge in [0.2, 0.25) is 0 Å². The minimum atomic E-state index is -0.885. The second kappa shape index (κ2) is 3.99. The fourth-order valence-corrected chi connectivity index (χ4v) is 2.09. The van der Waals surface area contributed by atoms with Gasteiger partial charge in [0.15, 0.2) is 0 Å². The third kappa shape index (κ3) is 2.09. The van der Waals surface area contributed by atoms with Crippen LogP contribution in [0.1, 0.15) is 31.4 Å². The number of aliphatic carboxylic acids is 1. The lowest BCUT2D eigenvalue weighted by Crippen LogP contribution is -2.27. The molecule has 1 N–H and O–H groups in total. The lowest BCUT2D eigenvalue weighted by atomic mass is 9.77. The molecule has 0 saturated carbocycles. The Balaban J connectivity index is 2.45. The van der Waals surface area contributed by atoms with Crippen molar-refractivity contribution in [2.45, 2.75) is 26.7 Å². The molecule has 1 aromatic rings. The van der Waals surface area contributed by atoms with E-state index < -0.39 is 11.4 Å². The van der Waals surface area contributed by atoms with Gasteiger partial charge in [-0.1, -0.05) is 17.7 Å². The minimum Gasteiger partial charge on any atom is -0.481 e. The van der Waals surface area contributed by atoms with Gasteiger partial charge in [-0.2, -0.15) is 0 Å². The van der Waals surface area contributed by atoms with Crippen LogP contribution >= 0.6 is 0 Å². The molecule has 0 bridgehead atoms. The molecule has 0 spiro atoms. The lowest BCUT2D eigenvalue weighted by Gasteiger charge is -2.27. The van der Waals surface area contributed by atoms with E-state index in [1.807, 2.05) is 6.08 Å². The van der Waals surface area contributed by atoms with Gasteiger partial charge < -0.3 is 5.11 Å². The molecule has 0 unspecified atom stereocenters. The number of hydrogen-bond donors (Lipinski definition) is 1. The molecule has 90 valence electrons. The van der Waals surface area contributed by atoms with E-state index in [1.54, 1.807) is 19.9 Å². The van der Waals surface area contributed by atoms with Gasteiger partial charge in [0.1, 0.15) is 5.82 Å². The van der Waals surface area contributed by atoms with E-state index in [0.717, 1.165) is 29.5 Å². The SMILES string of the molecule is CC(C)(C(=O)O)C1=Cc2cc(F)ccc2CC1. The maximum Gasteiger partial charge on any atom is 0.313 e. The summed E-state index contributed by atoms with van der Waals surface area (Å²) in [5.74, 6) is -1.13. The third-order valence-electron chi connectivity index (χ3n) is 3.44. The number of carboxylic acids is 1. The van der Waals surface area contributed by atoms with Crippen LogP contribution in [0, 0.1) is 11.2 Å². The van der Waals surface area contributed by atoms with Crippen molar-refractivity contribution in [2.24, 2.45) is 5.41 Å². The Morgan fingerprint density at radius 2 is 2.06 bits per heavy atom. The summed E-state index contributed by atoms with van der Waals surface area (Å²) in [6, 6.07) is 4.68. The topological polar surface area (TPSA) is 37.3 Å². The van der Waals surface area contributed by atoms with Gasteiger partial charge in [0.05, 0.1) is 5.41 Å². The van der Waals surface area contributed by atoms with E-state index in [-0.39, 0.29) is 5.82 Å². The largest absolute Gasteiger partial charge is 0.481 e. The lowest BCUT2D eigenvalue weighted by molar-refractivity contribution is -0.144. The summed E-state index contributed by atoms with van der Waals surface area (Å²) in [6.45, 7) is 3.37. The highest BCUT2D eigenvalue weighted by Crippen LogP contribution is 2.36. The molecule has 3 heteroatoms. The summed E-state index contributed by atoms with van der Waals surface area (Å²) < 4.78 is 13.1. The zero-order valence-corrected chi connectivity index (χ0v) is 9.96. The standard InChI is InChI=1S/C14H15FO2/c1-14(2,13(16)17)11-5-3-9-4-6-12(15)8-10(9)7-11/h4,6-8H,3,5H2,1-2H3,(H,16,17). The number of hydrogen-bond acceptors (Lipinski definition) is 1. The van der Waals surface area contributed by atoms with Crippen molar-refractivity contribution in [2.75, 3.05) is 0 Å². The van der Waals surface area contributed by atoms with E-state index >= 15 is 0 Å². The summed E-state index contributed by atoms with van der Waals surface area (Å²) in [7, 11) is 0. The molecule has 0 aliphatic heterocycles. The van der Waals surface area contributed by atoms with Gasteiger partial charge in [0, 0.05) is 0 Å². The highest BCUT2D eigenvalue weighted by molar-refractivity contribution is 5.80. The number of fused-ring (bicyclic) bond motifs is 1. The number of carbonyl (C=O) groups is 1. The maximum absolute atomic E-state index is 13.1. The number of halogens is 1. The zero-order chi connectivity index (χ0) is 12.6. The fourth-order valence-electron chi connectivity index (χ4n) is 2.09. The van der Waals surface area contributed by atoms with Crippen molar-refractivity contribution in [3.05, 3.63) is 40.7 Å². The van der Waals surface area contributed by atoms with Crippen LogP contribution in [0.2, 0.25) is 0 Å². The molecule has 2 nitrogen and oxygen atoms in total. The maximum atomic E-state index is 13.1. The molecule has 1 aliphatic rings. The zero-order valence-electron chi connectivity index (χ0n) is 9.96. The van der Waals surface area contributed by atoms with E-state index in [9.17, 15) is 14.3 Å². The molecule has 0 atom stereocenters. The highest BCUT2D eigenvalue weighted by Gasteiger charge is 2.32. The van der Waals surface area contributed by atoms with Crippen LogP contribution in [0.4, 0.5) is 4.39 Å². The number of aryl methyl sites for hydroxylation is 1. The van der Waals surface area contributed by atoms with Crippen LogP contribution < -0.4 is 0 Å². The first-order valence-corrected chi connectivity index (χ1v) is 5.64. The molecule has 1 aromatic carbocycles. The smallest absolute Gasteiger partial charge is 0.313 e. The minimum absolute atomic E-state index is 0.283. The number of benzene rings is 1. The van der Waals surface area contributed by atoms with E-state index in [4.69, 9.17) is 0 Å². The Labute approximate surface area is 99.8 Å².